The van der Waals surface area contributed by atoms with Crippen LogP contribution in [0, 0.1) is 5.92 Å². The molecule has 2 aromatic rings. The van der Waals surface area contributed by atoms with Gasteiger partial charge in [-0.05, 0) is 12.1 Å². The van der Waals surface area contributed by atoms with E-state index in [0.717, 1.165) is 6.20 Å². The molecule has 12 heteroatoms. The zero-order chi connectivity index (χ0) is 20.1. The number of alkyl halides is 3. The van der Waals surface area contributed by atoms with Crippen molar-refractivity contribution in [1.82, 2.24) is 20.2 Å². The molecule has 4 atom stereocenters. The summed E-state index contributed by atoms with van der Waals surface area (Å²) in [5, 5.41) is 31.0. The molecule has 150 valence electrons. The number of anilines is 1. The fourth-order valence-electron chi connectivity index (χ4n) is 2.54. The Kier molecular flexibility index (Phi) is 6.11. The summed E-state index contributed by atoms with van der Waals surface area (Å²) < 4.78 is 43.5. The molecule has 0 aromatic carbocycles. The molecule has 0 spiro atoms. The summed E-state index contributed by atoms with van der Waals surface area (Å²) >= 11 is 0. The first kappa shape index (κ1) is 20.0. The van der Waals surface area contributed by atoms with Crippen LogP contribution in [-0.2, 0) is 10.9 Å². The molecule has 1 aliphatic heterocycles. The lowest BCUT2D eigenvalue weighted by atomic mass is 9.93. The van der Waals surface area contributed by atoms with E-state index >= 15 is 0 Å². The van der Waals surface area contributed by atoms with Crippen LogP contribution in [0.5, 0.6) is 0 Å². The quantitative estimate of drug-likeness (QED) is 0.633. The Morgan fingerprint density at radius 3 is 2.82 bits per heavy atom. The lowest BCUT2D eigenvalue weighted by Gasteiger charge is -2.36. The van der Waals surface area contributed by atoms with Crippen molar-refractivity contribution in [3.05, 3.63) is 36.4 Å². The van der Waals surface area contributed by atoms with Crippen LogP contribution in [-0.4, -0.2) is 68.1 Å². The van der Waals surface area contributed by atoms with Crippen LogP contribution in [0.4, 0.5) is 24.8 Å². The Morgan fingerprint density at radius 2 is 2.11 bits per heavy atom. The van der Waals surface area contributed by atoms with E-state index in [4.69, 9.17) is 4.74 Å². The number of ether oxygens (including phenoxy) is 1. The molecule has 1 unspecified atom stereocenters. The Labute approximate surface area is 157 Å². The molecule has 0 bridgehead atoms. The van der Waals surface area contributed by atoms with Gasteiger partial charge in [0, 0.05) is 24.9 Å². The maximum absolute atomic E-state index is 12.7. The molecular formula is C16H17F3N6O3. The zero-order valence-corrected chi connectivity index (χ0v) is 14.4. The van der Waals surface area contributed by atoms with Crippen molar-refractivity contribution in [3.63, 3.8) is 0 Å². The standard InChI is InChI=1S/C16H17F3N6O3/c17-16(18,19)11-6-20-7-13(24-11)21-4-9-8-28-10(15(27)14(9)26)5-22-12-2-1-3-23-25-12/h1-4,6-7,9-10,14-15,26-27H,5,8H2,(H,22,25)/t9?,10-,14-,15+/m1/s1. The number of hydrogen-bond acceptors (Lipinski definition) is 9. The van der Waals surface area contributed by atoms with Crippen molar-refractivity contribution in [1.29, 1.82) is 0 Å². The number of halogens is 3. The van der Waals surface area contributed by atoms with E-state index in [0.29, 0.717) is 12.0 Å². The molecule has 3 heterocycles. The highest BCUT2D eigenvalue weighted by Gasteiger charge is 2.37. The number of aliphatic hydroxyl groups is 2. The summed E-state index contributed by atoms with van der Waals surface area (Å²) in [7, 11) is 0. The topological polar surface area (TPSA) is 126 Å². The fraction of sp³-hybridized carbons (Fsp3) is 0.438. The van der Waals surface area contributed by atoms with E-state index in [1.165, 1.54) is 12.4 Å². The number of hydrogen-bond donors (Lipinski definition) is 3. The third-order valence-corrected chi connectivity index (χ3v) is 4.04. The van der Waals surface area contributed by atoms with Crippen LogP contribution < -0.4 is 5.32 Å². The summed E-state index contributed by atoms with van der Waals surface area (Å²) in [4.78, 5) is 10.6. The Balaban J connectivity index is 1.59. The number of nitrogens with one attached hydrogen (secondary N) is 1. The number of nitrogens with zero attached hydrogens (tertiary/aromatic N) is 5. The van der Waals surface area contributed by atoms with Crippen molar-refractivity contribution >= 4 is 17.9 Å². The first-order valence-electron chi connectivity index (χ1n) is 8.27. The maximum Gasteiger partial charge on any atom is 0.434 e. The van der Waals surface area contributed by atoms with E-state index < -0.39 is 36.1 Å². The van der Waals surface area contributed by atoms with E-state index in [-0.39, 0.29) is 19.0 Å². The molecule has 0 aliphatic carbocycles. The molecule has 3 rings (SSSR count). The molecule has 28 heavy (non-hydrogen) atoms. The molecule has 0 amide bonds. The van der Waals surface area contributed by atoms with Gasteiger partial charge < -0.3 is 20.3 Å². The minimum atomic E-state index is -4.63. The highest BCUT2D eigenvalue weighted by Crippen LogP contribution is 2.28. The number of aliphatic hydroxyl groups excluding tert-OH is 2. The second-order valence-corrected chi connectivity index (χ2v) is 6.05. The Hall–Kier alpha value is -2.70. The predicted molar refractivity (Wildman–Crippen MR) is 91.0 cm³/mol. The van der Waals surface area contributed by atoms with Crippen LogP contribution in [0.25, 0.3) is 0 Å². The van der Waals surface area contributed by atoms with Gasteiger partial charge in [0.05, 0.1) is 25.1 Å². The molecule has 2 aromatic heterocycles. The van der Waals surface area contributed by atoms with Crippen LogP contribution in [0.2, 0.25) is 0 Å². The Bertz CT molecular complexity index is 808. The van der Waals surface area contributed by atoms with Crippen molar-refractivity contribution in [2.45, 2.75) is 24.5 Å². The average molecular weight is 398 g/mol. The van der Waals surface area contributed by atoms with Crippen LogP contribution in [0.1, 0.15) is 5.69 Å². The van der Waals surface area contributed by atoms with Crippen molar-refractivity contribution in [2.75, 3.05) is 18.5 Å². The smallest absolute Gasteiger partial charge is 0.390 e. The fourth-order valence-corrected chi connectivity index (χ4v) is 2.54. The van der Waals surface area contributed by atoms with Gasteiger partial charge in [-0.2, -0.15) is 18.3 Å². The molecule has 1 saturated heterocycles. The van der Waals surface area contributed by atoms with E-state index in [2.05, 4.69) is 30.5 Å². The number of aromatic nitrogens is 4. The second kappa shape index (κ2) is 8.54. The summed E-state index contributed by atoms with van der Waals surface area (Å²) in [6.07, 6.45) is -3.43. The maximum atomic E-state index is 12.7. The normalized spacial score (nSPS) is 25.8. The lowest BCUT2D eigenvalue weighted by Crippen LogP contribution is -2.52. The number of rotatable bonds is 5. The first-order valence-corrected chi connectivity index (χ1v) is 8.27. The van der Waals surface area contributed by atoms with Crippen LogP contribution in [0.15, 0.2) is 35.7 Å². The van der Waals surface area contributed by atoms with Crippen LogP contribution in [0.3, 0.4) is 0 Å². The van der Waals surface area contributed by atoms with E-state index in [1.807, 2.05) is 0 Å². The van der Waals surface area contributed by atoms with Gasteiger partial charge in [-0.3, -0.25) is 4.98 Å². The van der Waals surface area contributed by atoms with Gasteiger partial charge >= 0.3 is 6.18 Å². The lowest BCUT2D eigenvalue weighted by molar-refractivity contribution is -0.143. The molecular weight excluding hydrogens is 381 g/mol. The van der Waals surface area contributed by atoms with Gasteiger partial charge in [0.15, 0.2) is 11.5 Å². The molecule has 1 aliphatic rings. The molecule has 0 radical (unpaired) electrons. The third kappa shape index (κ3) is 4.97. The minimum absolute atomic E-state index is 0.0148. The SMILES string of the molecule is O[C@@H]1[C@H](O)C(C=Nc2cncc(C(F)(F)F)n2)CO[C@@H]1CNc1cccnn1. The summed E-state index contributed by atoms with van der Waals surface area (Å²) in [5.74, 6) is -0.498. The highest BCUT2D eigenvalue weighted by molar-refractivity contribution is 5.65. The summed E-state index contributed by atoms with van der Waals surface area (Å²) in [6, 6.07) is 3.37. The van der Waals surface area contributed by atoms with Gasteiger partial charge in [-0.1, -0.05) is 0 Å². The van der Waals surface area contributed by atoms with Crippen molar-refractivity contribution in [3.8, 4) is 0 Å². The monoisotopic (exact) mass is 398 g/mol. The van der Waals surface area contributed by atoms with Gasteiger partial charge in [-0.25, -0.2) is 9.98 Å². The largest absolute Gasteiger partial charge is 0.434 e. The van der Waals surface area contributed by atoms with Crippen molar-refractivity contribution < 1.29 is 28.1 Å². The molecule has 3 N–H and O–H groups in total. The highest BCUT2D eigenvalue weighted by atomic mass is 19.4. The van der Waals surface area contributed by atoms with Crippen molar-refractivity contribution in [2.24, 2.45) is 10.9 Å². The third-order valence-electron chi connectivity index (χ3n) is 4.04. The van der Waals surface area contributed by atoms with E-state index in [1.54, 1.807) is 12.1 Å². The summed E-state index contributed by atoms with van der Waals surface area (Å²) in [5.41, 5.74) is -1.17. The van der Waals surface area contributed by atoms with Gasteiger partial charge in [0.2, 0.25) is 0 Å². The molecule has 1 fully saturated rings. The predicted octanol–water partition coefficient (Wildman–Crippen LogP) is 0.837. The number of aliphatic imine (C=N–C) groups is 1. The van der Waals surface area contributed by atoms with Gasteiger partial charge in [-0.15, -0.1) is 5.10 Å². The van der Waals surface area contributed by atoms with Crippen LogP contribution >= 0.6 is 0 Å². The molecule has 0 saturated carbocycles. The Morgan fingerprint density at radius 1 is 1.29 bits per heavy atom. The first-order chi connectivity index (χ1) is 13.3. The van der Waals surface area contributed by atoms with Gasteiger partial charge in [0.25, 0.3) is 0 Å². The van der Waals surface area contributed by atoms with E-state index in [9.17, 15) is 23.4 Å². The molecule has 9 nitrogen and oxygen atoms in total. The zero-order valence-electron chi connectivity index (χ0n) is 14.4. The average Bonchev–Trinajstić information content (AvgIpc) is 2.69. The van der Waals surface area contributed by atoms with Gasteiger partial charge in [0.1, 0.15) is 18.0 Å². The minimum Gasteiger partial charge on any atom is -0.390 e. The second-order valence-electron chi connectivity index (χ2n) is 6.05. The summed E-state index contributed by atoms with van der Waals surface area (Å²) in [6.45, 7) is 0.195.